The lowest BCUT2D eigenvalue weighted by Crippen LogP contribution is -2.79. The fourth-order valence-electron chi connectivity index (χ4n) is 3.79. The monoisotopic (exact) mass is 544 g/mol. The highest BCUT2D eigenvalue weighted by atomic mass is 32.1. The first-order valence-corrected chi connectivity index (χ1v) is 13.2. The second kappa shape index (κ2) is 12.0. The first-order chi connectivity index (χ1) is 18.6. The van der Waals surface area contributed by atoms with E-state index < -0.39 is 11.5 Å². The summed E-state index contributed by atoms with van der Waals surface area (Å²) < 4.78 is 0. The molecule has 2 amide bonds. The van der Waals surface area contributed by atoms with Gasteiger partial charge in [0, 0.05) is 66.0 Å². The van der Waals surface area contributed by atoms with E-state index in [1.165, 1.54) is 24.6 Å². The molecule has 0 unspecified atom stereocenters. The van der Waals surface area contributed by atoms with Gasteiger partial charge in [0.05, 0.1) is 29.0 Å². The van der Waals surface area contributed by atoms with Crippen LogP contribution in [-0.2, 0) is 0 Å². The van der Waals surface area contributed by atoms with E-state index in [2.05, 4.69) is 25.6 Å². The number of aromatic nitrogens is 3. The zero-order valence-electron chi connectivity index (χ0n) is 21.9. The van der Waals surface area contributed by atoms with E-state index in [1.807, 2.05) is 17.4 Å². The highest BCUT2D eigenvalue weighted by Gasteiger charge is 2.23. The molecular weight excluding hydrogens is 514 g/mol. The third kappa shape index (κ3) is 7.17. The summed E-state index contributed by atoms with van der Waals surface area (Å²) in [5, 5.41) is 28.4. The van der Waals surface area contributed by atoms with E-state index in [4.69, 9.17) is 5.41 Å². The number of thiazole rings is 1. The number of rotatable bonds is 9. The molecule has 0 atom stereocenters. The third-order valence-corrected chi connectivity index (χ3v) is 6.73. The molecule has 0 fully saturated rings. The standard InChI is InChI=1S/C28H29N7O3S/c1-28(2,38)6-8-32-14-19-10-23(21(11-22(19)29)18-9-20(15-33-13-18)25(36)30-3)34-26(37)24-16-39-27(35-24)17-5-4-7-31-12-17/h4-5,7,9-16,29,32,38H,6,8H2,1-3H3,(H,30,36)(H,34,37)/p+1/b19-14-,29-22?. The number of nitrogens with two attached hydrogens (primary N) is 1. The summed E-state index contributed by atoms with van der Waals surface area (Å²) in [5.41, 5.74) is 3.03. The number of quaternary nitrogens is 1. The van der Waals surface area contributed by atoms with E-state index in [1.54, 1.807) is 62.2 Å². The van der Waals surface area contributed by atoms with Gasteiger partial charge in [-0.25, -0.2) is 4.98 Å². The topological polar surface area (TPSA) is 158 Å². The highest BCUT2D eigenvalue weighted by molar-refractivity contribution is 7.13. The lowest BCUT2D eigenvalue weighted by Gasteiger charge is -2.19. The van der Waals surface area contributed by atoms with Crippen molar-refractivity contribution in [2.45, 2.75) is 25.9 Å². The van der Waals surface area contributed by atoms with Crippen LogP contribution in [0.2, 0.25) is 0 Å². The van der Waals surface area contributed by atoms with Crippen LogP contribution in [0.1, 0.15) is 46.7 Å². The Bertz CT molecular complexity index is 1480. The van der Waals surface area contributed by atoms with Crippen LogP contribution in [0.25, 0.3) is 16.1 Å². The minimum absolute atomic E-state index is 0.236. The fourth-order valence-corrected chi connectivity index (χ4v) is 4.58. The van der Waals surface area contributed by atoms with E-state index in [-0.39, 0.29) is 17.3 Å². The van der Waals surface area contributed by atoms with Crippen molar-refractivity contribution in [1.29, 1.82) is 5.41 Å². The van der Waals surface area contributed by atoms with Gasteiger partial charge in [-0.1, -0.05) is 0 Å². The zero-order chi connectivity index (χ0) is 28.0. The predicted molar refractivity (Wildman–Crippen MR) is 150 cm³/mol. The smallest absolute Gasteiger partial charge is 0.275 e. The van der Waals surface area contributed by atoms with Gasteiger partial charge in [0.25, 0.3) is 11.8 Å². The Labute approximate surface area is 230 Å². The minimum Gasteiger partial charge on any atom is -0.390 e. The third-order valence-electron chi connectivity index (χ3n) is 5.84. The van der Waals surface area contributed by atoms with Crippen LogP contribution in [0, 0.1) is 5.41 Å². The van der Waals surface area contributed by atoms with E-state index in [0.29, 0.717) is 45.9 Å². The molecule has 3 aromatic heterocycles. The number of amides is 2. The lowest BCUT2D eigenvalue weighted by atomic mass is 9.92. The number of hydrogen-bond donors (Lipinski definition) is 5. The van der Waals surface area contributed by atoms with Gasteiger partial charge in [-0.2, -0.15) is 0 Å². The number of nitrogens with zero attached hydrogens (tertiary/aromatic N) is 3. The van der Waals surface area contributed by atoms with Gasteiger partial charge >= 0.3 is 0 Å². The van der Waals surface area contributed by atoms with Gasteiger partial charge in [-0.3, -0.25) is 19.6 Å². The summed E-state index contributed by atoms with van der Waals surface area (Å²) in [5.74, 6) is -0.703. The van der Waals surface area contributed by atoms with Crippen LogP contribution in [0.5, 0.6) is 0 Å². The molecule has 0 radical (unpaired) electrons. The summed E-state index contributed by atoms with van der Waals surface area (Å²) >= 11 is 1.34. The van der Waals surface area contributed by atoms with Crippen molar-refractivity contribution >= 4 is 34.4 Å². The van der Waals surface area contributed by atoms with Crippen LogP contribution < -0.4 is 16.0 Å². The Morgan fingerprint density at radius 2 is 1.95 bits per heavy atom. The lowest BCUT2D eigenvalue weighted by molar-refractivity contribution is -0.590. The second-order valence-corrected chi connectivity index (χ2v) is 10.4. The number of nitrogens with one attached hydrogen (secondary N) is 3. The molecule has 1 aliphatic rings. The number of carbonyl (C=O) groups excluding carboxylic acids is 2. The van der Waals surface area contributed by atoms with E-state index >= 15 is 0 Å². The van der Waals surface area contributed by atoms with Crippen molar-refractivity contribution in [2.75, 3.05) is 13.6 Å². The summed E-state index contributed by atoms with van der Waals surface area (Å²) in [6.45, 7) is 4.12. The molecule has 6 N–H and O–H groups in total. The van der Waals surface area contributed by atoms with E-state index in [9.17, 15) is 14.7 Å². The molecule has 0 bridgehead atoms. The van der Waals surface area contributed by atoms with Crippen LogP contribution in [0.15, 0.2) is 78.0 Å². The zero-order valence-corrected chi connectivity index (χ0v) is 22.7. The van der Waals surface area contributed by atoms with Crippen LogP contribution in [0.3, 0.4) is 0 Å². The van der Waals surface area contributed by atoms with Crippen molar-refractivity contribution in [3.8, 4) is 10.6 Å². The van der Waals surface area contributed by atoms with Gasteiger partial charge in [0.15, 0.2) is 0 Å². The summed E-state index contributed by atoms with van der Waals surface area (Å²) in [6, 6.07) is 5.35. The molecule has 4 rings (SSSR count). The number of allylic oxidation sites excluding steroid dienone is 4. The molecule has 1 aliphatic carbocycles. The Kier molecular flexibility index (Phi) is 8.55. The first kappa shape index (κ1) is 27.7. The average molecular weight is 545 g/mol. The van der Waals surface area contributed by atoms with Crippen LogP contribution in [-0.4, -0.2) is 56.8 Å². The van der Waals surface area contributed by atoms with Gasteiger partial charge in [-0.05, 0) is 44.2 Å². The molecule has 0 spiro atoms. The Hall–Kier alpha value is -4.32. The summed E-state index contributed by atoms with van der Waals surface area (Å²) in [6.07, 6.45) is 12.1. The fraction of sp³-hybridized carbons (Fsp3) is 0.214. The number of carbonyl (C=O) groups is 2. The number of pyridine rings is 2. The normalized spacial score (nSPS) is 14.6. The van der Waals surface area contributed by atoms with Crippen molar-refractivity contribution in [3.05, 3.63) is 94.8 Å². The molecule has 39 heavy (non-hydrogen) atoms. The molecule has 3 aromatic rings. The highest BCUT2D eigenvalue weighted by Crippen LogP contribution is 2.29. The largest absolute Gasteiger partial charge is 0.390 e. The van der Waals surface area contributed by atoms with Crippen molar-refractivity contribution in [3.63, 3.8) is 0 Å². The molecular formula is C28H30N7O3S+. The minimum atomic E-state index is -0.790. The van der Waals surface area contributed by atoms with E-state index in [0.717, 1.165) is 5.56 Å². The number of aliphatic hydroxyl groups is 1. The van der Waals surface area contributed by atoms with Crippen LogP contribution in [0.4, 0.5) is 0 Å². The molecule has 3 heterocycles. The van der Waals surface area contributed by atoms with Crippen molar-refractivity contribution in [1.82, 2.24) is 25.6 Å². The molecule has 0 saturated carbocycles. The summed E-state index contributed by atoms with van der Waals surface area (Å²) in [7, 11) is 1.54. The molecule has 200 valence electrons. The Morgan fingerprint density at radius 1 is 1.15 bits per heavy atom. The second-order valence-electron chi connectivity index (χ2n) is 9.51. The maximum atomic E-state index is 13.3. The van der Waals surface area contributed by atoms with Crippen molar-refractivity contribution in [2.24, 2.45) is 0 Å². The number of hydrogen-bond acceptors (Lipinski definition) is 8. The predicted octanol–water partition coefficient (Wildman–Crippen LogP) is 2.30. The van der Waals surface area contributed by atoms with Crippen LogP contribution >= 0.6 is 11.3 Å². The SMILES string of the molecule is CNC(=O)c1cncc(C2=CC(=N)/C(=C\[NH2+]CCC(C)(C)O)C=C2NC(=O)c2csc(-c3cccnc3)n2)c1. The maximum Gasteiger partial charge on any atom is 0.275 e. The van der Waals surface area contributed by atoms with Gasteiger partial charge in [0.1, 0.15) is 16.9 Å². The van der Waals surface area contributed by atoms with Gasteiger partial charge in [0.2, 0.25) is 0 Å². The quantitative estimate of drug-likeness (QED) is 0.260. The summed E-state index contributed by atoms with van der Waals surface area (Å²) in [4.78, 5) is 38.3. The Morgan fingerprint density at radius 3 is 2.67 bits per heavy atom. The molecule has 0 aliphatic heterocycles. The van der Waals surface area contributed by atoms with Gasteiger partial charge in [-0.15, -0.1) is 11.3 Å². The molecule has 0 saturated heterocycles. The molecule has 11 heteroatoms. The first-order valence-electron chi connectivity index (χ1n) is 12.3. The Balaban J connectivity index is 1.64. The maximum absolute atomic E-state index is 13.3. The van der Waals surface area contributed by atoms with Gasteiger partial charge < -0.3 is 26.5 Å². The average Bonchev–Trinajstić information content (AvgIpc) is 3.43. The molecule has 10 nitrogen and oxygen atoms in total. The molecule has 0 aromatic carbocycles. The van der Waals surface area contributed by atoms with Crippen molar-refractivity contribution < 1.29 is 20.0 Å².